The lowest BCUT2D eigenvalue weighted by molar-refractivity contribution is -0.142. The van der Waals surface area contributed by atoms with Gasteiger partial charge in [-0.1, -0.05) is 18.2 Å². The maximum atomic E-state index is 13.2. The molecular formula is C23H21F3N4O3. The summed E-state index contributed by atoms with van der Waals surface area (Å²) < 4.78 is 45.2. The highest BCUT2D eigenvalue weighted by Crippen LogP contribution is 2.37. The Hall–Kier alpha value is -3.82. The number of aromatic nitrogens is 2. The van der Waals surface area contributed by atoms with Crippen molar-refractivity contribution in [2.24, 2.45) is 5.10 Å². The number of carbonyl (C=O) groups is 1. The first-order valence-electron chi connectivity index (χ1n) is 10.1. The Bertz CT molecular complexity index is 1200. The number of phenols is 1. The molecule has 0 aliphatic carbocycles. The van der Waals surface area contributed by atoms with Crippen LogP contribution in [0.5, 0.6) is 11.5 Å². The largest absolute Gasteiger partial charge is 0.508 e. The van der Waals surface area contributed by atoms with Crippen molar-refractivity contribution in [3.8, 4) is 11.5 Å². The van der Waals surface area contributed by atoms with Crippen LogP contribution < -0.4 is 4.74 Å². The molecule has 0 saturated carbocycles. The first-order valence-corrected chi connectivity index (χ1v) is 10.1. The Kier molecular flexibility index (Phi) is 5.84. The molecule has 0 saturated heterocycles. The molecule has 172 valence electrons. The van der Waals surface area contributed by atoms with Crippen LogP contribution in [0.4, 0.5) is 13.2 Å². The van der Waals surface area contributed by atoms with Gasteiger partial charge in [-0.25, -0.2) is 5.01 Å². The summed E-state index contributed by atoms with van der Waals surface area (Å²) >= 11 is 0. The quantitative estimate of drug-likeness (QED) is 0.618. The van der Waals surface area contributed by atoms with E-state index in [2.05, 4.69) is 10.2 Å². The molecule has 1 aliphatic rings. The second-order valence-electron chi connectivity index (χ2n) is 7.62. The maximum absolute atomic E-state index is 13.2. The number of hydrogen-bond donors (Lipinski definition) is 1. The fraction of sp³-hybridized carbons (Fsp3) is 0.261. The molecule has 3 aromatic rings. The zero-order chi connectivity index (χ0) is 23.8. The molecule has 1 N–H and O–H groups in total. The molecule has 1 aromatic heterocycles. The third-order valence-corrected chi connectivity index (χ3v) is 5.44. The number of benzene rings is 2. The number of methoxy groups -OCH3 is 1. The van der Waals surface area contributed by atoms with Gasteiger partial charge in [0.2, 0.25) is 0 Å². The standard InChI is InChI=1S/C23H21F3N4O3/c1-14-11-21(23(24,25)26)28-29(14)13-22(32)30-19(17-5-3-4-6-20(17)31)12-18(27-30)15-7-9-16(33-2)10-8-15/h3-11,19,31H,12-13H2,1-2H3/t19-/m0/s1. The number of alkyl halides is 3. The van der Waals surface area contributed by atoms with Gasteiger partial charge in [-0.15, -0.1) is 0 Å². The van der Waals surface area contributed by atoms with Crippen LogP contribution in [0.15, 0.2) is 59.7 Å². The SMILES string of the molecule is COc1ccc(C2=NN(C(=O)Cn3nc(C(F)(F)F)cc3C)[C@H](c3ccccc3O)C2)cc1. The Morgan fingerprint density at radius 2 is 1.88 bits per heavy atom. The van der Waals surface area contributed by atoms with Gasteiger partial charge < -0.3 is 9.84 Å². The summed E-state index contributed by atoms with van der Waals surface area (Å²) in [6, 6.07) is 14.0. The minimum atomic E-state index is -4.61. The molecule has 1 amide bonds. The average Bonchev–Trinajstić information content (AvgIpc) is 3.38. The smallest absolute Gasteiger partial charge is 0.435 e. The van der Waals surface area contributed by atoms with Gasteiger partial charge in [0.15, 0.2) is 5.69 Å². The van der Waals surface area contributed by atoms with E-state index in [4.69, 9.17) is 4.74 Å². The van der Waals surface area contributed by atoms with E-state index in [1.54, 1.807) is 49.6 Å². The molecule has 0 radical (unpaired) electrons. The summed E-state index contributed by atoms with van der Waals surface area (Å²) in [5.41, 5.74) is 1.00. The molecule has 0 unspecified atom stereocenters. The second kappa shape index (κ2) is 8.61. The van der Waals surface area contributed by atoms with Gasteiger partial charge in [-0.05, 0) is 48.9 Å². The Morgan fingerprint density at radius 1 is 1.18 bits per heavy atom. The van der Waals surface area contributed by atoms with Crippen LogP contribution in [0, 0.1) is 6.92 Å². The van der Waals surface area contributed by atoms with E-state index >= 15 is 0 Å². The lowest BCUT2D eigenvalue weighted by Crippen LogP contribution is -2.31. The van der Waals surface area contributed by atoms with Crippen molar-refractivity contribution < 1.29 is 27.8 Å². The Morgan fingerprint density at radius 3 is 2.48 bits per heavy atom. The topological polar surface area (TPSA) is 80.0 Å². The predicted molar refractivity (Wildman–Crippen MR) is 114 cm³/mol. The second-order valence-corrected chi connectivity index (χ2v) is 7.62. The molecule has 1 aliphatic heterocycles. The number of aryl methyl sites for hydroxylation is 1. The summed E-state index contributed by atoms with van der Waals surface area (Å²) in [5, 5.41) is 19.6. The molecular weight excluding hydrogens is 437 g/mol. The van der Waals surface area contributed by atoms with Gasteiger partial charge in [0.05, 0.1) is 18.9 Å². The summed E-state index contributed by atoms with van der Waals surface area (Å²) in [5.74, 6) is 0.116. The highest BCUT2D eigenvalue weighted by atomic mass is 19.4. The number of halogens is 3. The number of hydrogen-bond acceptors (Lipinski definition) is 5. The minimum Gasteiger partial charge on any atom is -0.508 e. The van der Waals surface area contributed by atoms with E-state index in [0.29, 0.717) is 23.4 Å². The first kappa shape index (κ1) is 22.4. The number of rotatable bonds is 5. The van der Waals surface area contributed by atoms with Gasteiger partial charge in [-0.3, -0.25) is 9.48 Å². The van der Waals surface area contributed by atoms with Crippen molar-refractivity contribution in [3.05, 3.63) is 77.1 Å². The monoisotopic (exact) mass is 458 g/mol. The van der Waals surface area contributed by atoms with Gasteiger partial charge >= 0.3 is 6.18 Å². The van der Waals surface area contributed by atoms with E-state index in [1.165, 1.54) is 18.0 Å². The molecule has 2 heterocycles. The van der Waals surface area contributed by atoms with Crippen LogP contribution in [0.25, 0.3) is 0 Å². The first-order chi connectivity index (χ1) is 15.7. The maximum Gasteiger partial charge on any atom is 0.435 e. The predicted octanol–water partition coefficient (Wildman–Crippen LogP) is 4.30. The molecule has 7 nitrogen and oxygen atoms in total. The molecule has 0 fully saturated rings. The number of carbonyl (C=O) groups excluding carboxylic acids is 1. The van der Waals surface area contributed by atoms with Crippen molar-refractivity contribution in [1.29, 1.82) is 0 Å². The Labute approximate surface area is 187 Å². The van der Waals surface area contributed by atoms with Gasteiger partial charge in [0.1, 0.15) is 18.0 Å². The summed E-state index contributed by atoms with van der Waals surface area (Å²) in [6.07, 6.45) is -4.29. The van der Waals surface area contributed by atoms with Crippen LogP contribution in [-0.2, 0) is 17.5 Å². The van der Waals surface area contributed by atoms with E-state index < -0.39 is 30.4 Å². The number of ether oxygens (including phenoxy) is 1. The van der Waals surface area contributed by atoms with Crippen molar-refractivity contribution in [2.75, 3.05) is 7.11 Å². The average molecular weight is 458 g/mol. The zero-order valence-corrected chi connectivity index (χ0v) is 17.9. The summed E-state index contributed by atoms with van der Waals surface area (Å²) in [7, 11) is 1.55. The molecule has 1 atom stereocenters. The van der Waals surface area contributed by atoms with Gasteiger partial charge in [0, 0.05) is 17.7 Å². The molecule has 4 rings (SSSR count). The van der Waals surface area contributed by atoms with E-state index in [1.807, 2.05) is 0 Å². The number of aromatic hydroxyl groups is 1. The number of amides is 1. The number of phenolic OH excluding ortho intramolecular Hbond substituents is 1. The lowest BCUT2D eigenvalue weighted by Gasteiger charge is -2.23. The normalized spacial score (nSPS) is 16.1. The highest BCUT2D eigenvalue weighted by Gasteiger charge is 2.37. The van der Waals surface area contributed by atoms with Gasteiger partial charge in [0.25, 0.3) is 5.91 Å². The highest BCUT2D eigenvalue weighted by molar-refractivity contribution is 6.03. The van der Waals surface area contributed by atoms with E-state index in [0.717, 1.165) is 16.3 Å². The van der Waals surface area contributed by atoms with Crippen LogP contribution in [0.1, 0.15) is 35.0 Å². The van der Waals surface area contributed by atoms with Crippen molar-refractivity contribution in [2.45, 2.75) is 32.1 Å². The van der Waals surface area contributed by atoms with Crippen molar-refractivity contribution in [3.63, 3.8) is 0 Å². The van der Waals surface area contributed by atoms with Crippen molar-refractivity contribution >= 4 is 11.6 Å². The van der Waals surface area contributed by atoms with Crippen molar-refractivity contribution in [1.82, 2.24) is 14.8 Å². The summed E-state index contributed by atoms with van der Waals surface area (Å²) in [6.45, 7) is 1.03. The number of para-hydroxylation sites is 1. The van der Waals surface area contributed by atoms with Crippen LogP contribution >= 0.6 is 0 Å². The third-order valence-electron chi connectivity index (χ3n) is 5.44. The molecule has 33 heavy (non-hydrogen) atoms. The molecule has 0 spiro atoms. The number of hydrazone groups is 1. The van der Waals surface area contributed by atoms with E-state index in [-0.39, 0.29) is 11.4 Å². The van der Waals surface area contributed by atoms with Crippen LogP contribution in [0.2, 0.25) is 0 Å². The summed E-state index contributed by atoms with van der Waals surface area (Å²) in [4.78, 5) is 13.2. The fourth-order valence-electron chi connectivity index (χ4n) is 3.72. The van der Waals surface area contributed by atoms with Crippen LogP contribution in [0.3, 0.4) is 0 Å². The molecule has 2 aromatic carbocycles. The minimum absolute atomic E-state index is 0.00103. The lowest BCUT2D eigenvalue weighted by atomic mass is 9.97. The number of nitrogens with zero attached hydrogens (tertiary/aromatic N) is 4. The van der Waals surface area contributed by atoms with Gasteiger partial charge in [-0.2, -0.15) is 23.4 Å². The molecule has 0 bridgehead atoms. The van der Waals surface area contributed by atoms with E-state index in [9.17, 15) is 23.1 Å². The molecule has 10 heteroatoms. The fourth-order valence-corrected chi connectivity index (χ4v) is 3.72. The third kappa shape index (κ3) is 4.55. The van der Waals surface area contributed by atoms with Crippen LogP contribution in [-0.4, -0.2) is 38.6 Å². The Balaban J connectivity index is 1.66. The zero-order valence-electron chi connectivity index (χ0n) is 17.9.